The highest BCUT2D eigenvalue weighted by Crippen LogP contribution is 2.77. The van der Waals surface area contributed by atoms with E-state index in [4.69, 9.17) is 23.1 Å². The molecule has 8 rings (SSSR count). The van der Waals surface area contributed by atoms with Crippen LogP contribution in [0, 0.1) is 34.0 Å². The van der Waals surface area contributed by atoms with E-state index < -0.39 is 110 Å². The van der Waals surface area contributed by atoms with Crippen molar-refractivity contribution in [1.29, 1.82) is 0 Å². The monoisotopic (exact) mass is 745 g/mol. The number of hydrogen-bond donors (Lipinski definition) is 2. The molecule has 2 N–H and O–H groups in total. The lowest BCUT2D eigenvalue weighted by Gasteiger charge is -2.74. The summed E-state index contributed by atoms with van der Waals surface area (Å²) >= 11 is 0. The van der Waals surface area contributed by atoms with Crippen molar-refractivity contribution in [1.82, 2.24) is 4.57 Å². The van der Waals surface area contributed by atoms with Crippen LogP contribution in [0.2, 0.25) is 0 Å². The molecule has 0 amide bonds. The van der Waals surface area contributed by atoms with Gasteiger partial charge in [0.25, 0.3) is 10.1 Å². The largest absolute Gasteiger partial charge is 0.492 e. The Bertz CT molecular complexity index is 1960. The summed E-state index contributed by atoms with van der Waals surface area (Å²) in [5, 5.41) is 24.5. The number of aromatic nitrogens is 1. The lowest BCUT2D eigenvalue weighted by Crippen LogP contribution is -2.86. The fourth-order valence-corrected chi connectivity index (χ4v) is 11.6. The first-order chi connectivity index (χ1) is 24.3. The Morgan fingerprint density at radius 1 is 1.12 bits per heavy atom. The van der Waals surface area contributed by atoms with Crippen LogP contribution in [0.1, 0.15) is 78.8 Å². The molecule has 1 aromatic heterocycles. The van der Waals surface area contributed by atoms with Gasteiger partial charge in [-0.25, -0.2) is 0 Å². The molecule has 16 heteroatoms. The van der Waals surface area contributed by atoms with E-state index in [9.17, 15) is 42.6 Å². The first-order valence-corrected chi connectivity index (χ1v) is 19.1. The number of ketones is 3. The average molecular weight is 746 g/mol. The highest BCUT2D eigenvalue weighted by molar-refractivity contribution is 7.86. The second kappa shape index (κ2) is 11.9. The number of carbonyl (C=O) groups excluding carboxylic acids is 5. The van der Waals surface area contributed by atoms with Crippen molar-refractivity contribution in [2.75, 3.05) is 20.0 Å². The highest BCUT2D eigenvalue weighted by atomic mass is 32.2. The smallest absolute Gasteiger partial charge is 0.306 e. The number of carbonyl (C=O) groups is 5. The fourth-order valence-electron chi connectivity index (χ4n) is 10.9. The quantitative estimate of drug-likeness (QED) is 0.209. The summed E-state index contributed by atoms with van der Waals surface area (Å²) in [6.07, 6.45) is -0.00634. The molecule has 282 valence electrons. The Hall–Kier alpha value is -3.70. The predicted molar refractivity (Wildman–Crippen MR) is 176 cm³/mol. The Morgan fingerprint density at radius 2 is 1.81 bits per heavy atom. The van der Waals surface area contributed by atoms with Crippen LogP contribution in [0.25, 0.3) is 0 Å². The van der Waals surface area contributed by atoms with Gasteiger partial charge in [-0.05, 0) is 42.6 Å². The van der Waals surface area contributed by atoms with Gasteiger partial charge in [0.2, 0.25) is 17.4 Å². The third kappa shape index (κ3) is 4.83. The average Bonchev–Trinajstić information content (AvgIpc) is 3.46. The van der Waals surface area contributed by atoms with Gasteiger partial charge in [-0.15, -0.1) is 0 Å². The van der Waals surface area contributed by atoms with Gasteiger partial charge in [0.1, 0.15) is 29.9 Å². The van der Waals surface area contributed by atoms with Gasteiger partial charge in [-0.3, -0.25) is 28.2 Å². The van der Waals surface area contributed by atoms with Crippen molar-refractivity contribution in [3.05, 3.63) is 47.0 Å². The number of aryl methyl sites for hydroxylation is 1. The van der Waals surface area contributed by atoms with Crippen molar-refractivity contribution in [2.24, 2.45) is 41.0 Å². The number of allylic oxidation sites excluding steroid dienone is 2. The van der Waals surface area contributed by atoms with Crippen LogP contribution in [-0.4, -0.2) is 96.6 Å². The number of hydrogen-bond acceptors (Lipinski definition) is 14. The topological polar surface area (TPSA) is 211 Å². The van der Waals surface area contributed by atoms with Crippen LogP contribution in [-0.2, 0) is 61.3 Å². The summed E-state index contributed by atoms with van der Waals surface area (Å²) in [6.45, 7) is 7.29. The maximum absolute atomic E-state index is 14.4. The molecule has 0 aromatic carbocycles. The van der Waals surface area contributed by atoms with E-state index in [1.54, 1.807) is 7.05 Å². The molecule has 3 heterocycles. The van der Waals surface area contributed by atoms with Crippen LogP contribution in [0.5, 0.6) is 0 Å². The van der Waals surface area contributed by atoms with E-state index in [1.807, 2.05) is 13.8 Å². The molecule has 4 saturated carbocycles. The number of esters is 2. The molecule has 7 aliphatic rings. The van der Waals surface area contributed by atoms with Crippen molar-refractivity contribution in [3.8, 4) is 0 Å². The van der Waals surface area contributed by atoms with Crippen molar-refractivity contribution < 1.29 is 65.7 Å². The lowest BCUT2D eigenvalue weighted by molar-refractivity contribution is -0.456. The molecular formula is C36H43NO14S. The lowest BCUT2D eigenvalue weighted by atomic mass is 9.35. The third-order valence-electron chi connectivity index (χ3n) is 12.7. The second-order valence-corrected chi connectivity index (χ2v) is 17.4. The summed E-state index contributed by atoms with van der Waals surface area (Å²) in [7, 11) is -1.17. The maximum atomic E-state index is 14.4. The van der Waals surface area contributed by atoms with E-state index >= 15 is 0 Å². The first kappa shape index (κ1) is 36.6. The van der Waals surface area contributed by atoms with Crippen LogP contribution in [0.3, 0.4) is 0 Å². The predicted octanol–water partition coefficient (Wildman–Crippen LogP) is 1.68. The minimum Gasteiger partial charge on any atom is -0.492 e. The summed E-state index contributed by atoms with van der Waals surface area (Å²) in [6, 6.07) is 0. The Labute approximate surface area is 300 Å². The highest BCUT2D eigenvalue weighted by Gasteiger charge is 2.88. The number of rotatable bonds is 9. The van der Waals surface area contributed by atoms with Crippen LogP contribution in [0.15, 0.2) is 30.2 Å². The molecule has 15 nitrogen and oxygen atoms in total. The third-order valence-corrected chi connectivity index (χ3v) is 13.3. The van der Waals surface area contributed by atoms with Crippen LogP contribution < -0.4 is 0 Å². The normalized spacial score (nSPS) is 37.2. The molecule has 0 radical (unpaired) electrons. The van der Waals surface area contributed by atoms with Crippen molar-refractivity contribution >= 4 is 39.4 Å². The Morgan fingerprint density at radius 3 is 2.48 bits per heavy atom. The van der Waals surface area contributed by atoms with E-state index in [1.165, 1.54) is 17.9 Å². The molecule has 9 atom stereocenters. The Balaban J connectivity index is 1.13. The SMILES string of the molecule is C=C1C(=O)[C@]23[C@H](OC(=O)CCC(=O)OCc4cn(C)c5c4C(=O)C(OC)=CC5=O)[C@H]1CC[C@H]2[C@@]12CO[C@@]3(O)[C@@H](O)[C@@H]1C(C)(C)CCC2OS(C)(=O)=O. The molecule has 2 spiro atoms. The van der Waals surface area contributed by atoms with Gasteiger partial charge in [0, 0.05) is 42.1 Å². The van der Waals surface area contributed by atoms with E-state index in [2.05, 4.69) is 6.58 Å². The molecule has 1 aromatic rings. The van der Waals surface area contributed by atoms with Gasteiger partial charge in [-0.2, -0.15) is 8.42 Å². The number of aliphatic hydroxyl groups is 2. The molecule has 5 aliphatic carbocycles. The summed E-state index contributed by atoms with van der Waals surface area (Å²) in [4.78, 5) is 66.2. The molecular weight excluding hydrogens is 702 g/mol. The van der Waals surface area contributed by atoms with Gasteiger partial charge in [0.15, 0.2) is 11.5 Å². The maximum Gasteiger partial charge on any atom is 0.306 e. The molecule has 6 fully saturated rings. The van der Waals surface area contributed by atoms with Crippen LogP contribution in [0.4, 0.5) is 0 Å². The van der Waals surface area contributed by atoms with Gasteiger partial charge < -0.3 is 33.7 Å². The van der Waals surface area contributed by atoms with Gasteiger partial charge in [0.05, 0.1) is 44.5 Å². The van der Waals surface area contributed by atoms with Crippen molar-refractivity contribution in [2.45, 2.75) is 83.1 Å². The standard InChI is InChI=1S/C36H43NO14S/c1-17-19-7-8-22-34-16-49-36(44,31(43)29(34)33(2,3)12-11-23(34)51-52(6,45)46)35(22,30(17)42)32(19)50-25(40)10-9-24(39)48-15-18-14-37(4)27-20(38)13-21(47-5)28(41)26(18)27/h13-14,19,22-23,29,31-32,43-44H,1,7-12,15-16H2,2-6H3/t19-,22-,23?,29+,31-,32+,34+,35-,36-/m0/s1. The number of nitrogens with zero attached hydrogens (tertiary/aromatic N) is 1. The zero-order chi connectivity index (χ0) is 37.9. The molecule has 2 aliphatic heterocycles. The second-order valence-electron chi connectivity index (χ2n) is 15.8. The summed E-state index contributed by atoms with van der Waals surface area (Å²) < 4.78 is 54.8. The molecule has 1 unspecified atom stereocenters. The summed E-state index contributed by atoms with van der Waals surface area (Å²) in [5.74, 6) is -8.22. The number of fused-ring (bicyclic) bond motifs is 3. The van der Waals surface area contributed by atoms with Crippen LogP contribution >= 0.6 is 0 Å². The minimum absolute atomic E-state index is 0.0573. The summed E-state index contributed by atoms with van der Waals surface area (Å²) in [5.41, 5.74) is -3.33. The number of Topliss-reactive ketones (excluding diaryl/α,β-unsaturated/α-hetero) is 2. The number of ether oxygens (including phenoxy) is 4. The molecule has 4 bridgehead atoms. The van der Waals surface area contributed by atoms with Gasteiger partial charge in [-0.1, -0.05) is 20.4 Å². The van der Waals surface area contributed by atoms with Gasteiger partial charge >= 0.3 is 11.9 Å². The first-order valence-electron chi connectivity index (χ1n) is 17.3. The molecule has 2 saturated heterocycles. The van der Waals surface area contributed by atoms with E-state index in [-0.39, 0.29) is 47.8 Å². The number of aliphatic hydroxyl groups excluding tert-OH is 1. The fraction of sp³-hybridized carbons (Fsp3) is 0.639. The molecule has 52 heavy (non-hydrogen) atoms. The van der Waals surface area contributed by atoms with E-state index in [0.717, 1.165) is 12.3 Å². The zero-order valence-corrected chi connectivity index (χ0v) is 30.4. The Kier molecular flexibility index (Phi) is 8.39. The zero-order valence-electron chi connectivity index (χ0n) is 29.6. The van der Waals surface area contributed by atoms with E-state index in [0.29, 0.717) is 19.3 Å². The minimum atomic E-state index is -4.01. The van der Waals surface area contributed by atoms with Crippen molar-refractivity contribution in [3.63, 3.8) is 0 Å². The number of methoxy groups -OCH3 is 1.